The molecule has 146 valence electrons. The van der Waals surface area contributed by atoms with Crippen LogP contribution in [0.5, 0.6) is 0 Å². The van der Waals surface area contributed by atoms with Crippen molar-refractivity contribution in [3.8, 4) is 0 Å². The second-order valence-corrected chi connectivity index (χ2v) is 6.45. The lowest BCUT2D eigenvalue weighted by Gasteiger charge is -2.10. The molecule has 0 aliphatic rings. The number of nitrogens with zero attached hydrogens (tertiary/aromatic N) is 3. The molecule has 0 radical (unpaired) electrons. The van der Waals surface area contributed by atoms with Crippen LogP contribution in [0.25, 0.3) is 0 Å². The van der Waals surface area contributed by atoms with Gasteiger partial charge in [-0.25, -0.2) is 9.97 Å². The summed E-state index contributed by atoms with van der Waals surface area (Å²) in [6.45, 7) is 8.29. The Labute approximate surface area is 163 Å². The van der Waals surface area contributed by atoms with Crippen LogP contribution in [0.15, 0.2) is 34.9 Å². The Hall–Kier alpha value is -3.42. The van der Waals surface area contributed by atoms with Crippen molar-refractivity contribution in [2.45, 2.75) is 34.1 Å². The van der Waals surface area contributed by atoms with Gasteiger partial charge < -0.3 is 20.5 Å². The Bertz CT molecular complexity index is 946. The molecule has 1 amide bonds. The largest absolute Gasteiger partial charge is 0.370 e. The Morgan fingerprint density at radius 2 is 1.71 bits per heavy atom. The minimum Gasteiger partial charge on any atom is -0.370 e. The van der Waals surface area contributed by atoms with Gasteiger partial charge in [0, 0.05) is 29.5 Å². The van der Waals surface area contributed by atoms with Crippen LogP contribution in [0.3, 0.4) is 0 Å². The van der Waals surface area contributed by atoms with E-state index in [2.05, 4.69) is 31.1 Å². The predicted octanol–water partition coefficient (Wildman–Crippen LogP) is 3.75. The molecule has 8 heteroatoms. The van der Waals surface area contributed by atoms with Crippen molar-refractivity contribution >= 4 is 28.9 Å². The number of anilines is 4. The van der Waals surface area contributed by atoms with E-state index in [0.29, 0.717) is 17.4 Å². The van der Waals surface area contributed by atoms with E-state index in [9.17, 15) is 4.79 Å². The van der Waals surface area contributed by atoms with Gasteiger partial charge >= 0.3 is 0 Å². The number of aromatic nitrogens is 3. The zero-order valence-corrected chi connectivity index (χ0v) is 16.5. The summed E-state index contributed by atoms with van der Waals surface area (Å²) in [4.78, 5) is 21.0. The van der Waals surface area contributed by atoms with Crippen LogP contribution >= 0.6 is 0 Å². The molecule has 3 aromatic rings. The molecule has 0 atom stereocenters. The lowest BCUT2D eigenvalue weighted by atomic mass is 10.1. The van der Waals surface area contributed by atoms with E-state index in [-0.39, 0.29) is 12.3 Å². The summed E-state index contributed by atoms with van der Waals surface area (Å²) in [6, 6.07) is 9.31. The van der Waals surface area contributed by atoms with E-state index < -0.39 is 0 Å². The van der Waals surface area contributed by atoms with Gasteiger partial charge in [0.25, 0.3) is 0 Å². The fourth-order valence-electron chi connectivity index (χ4n) is 2.81. The molecule has 0 aliphatic carbocycles. The van der Waals surface area contributed by atoms with Gasteiger partial charge in [0.05, 0.1) is 12.1 Å². The van der Waals surface area contributed by atoms with E-state index in [1.807, 2.05) is 51.1 Å². The van der Waals surface area contributed by atoms with Crippen molar-refractivity contribution in [2.75, 3.05) is 22.5 Å². The average Bonchev–Trinajstić information content (AvgIpc) is 2.95. The molecule has 0 unspecified atom stereocenters. The second kappa shape index (κ2) is 8.51. The number of hydrogen-bond donors (Lipinski definition) is 3. The molecular weight excluding hydrogens is 356 g/mol. The highest BCUT2D eigenvalue weighted by atomic mass is 16.5. The van der Waals surface area contributed by atoms with Gasteiger partial charge in [0.1, 0.15) is 23.2 Å². The number of carbonyl (C=O) groups is 1. The van der Waals surface area contributed by atoms with E-state index in [4.69, 9.17) is 4.52 Å². The van der Waals surface area contributed by atoms with Crippen LogP contribution in [-0.4, -0.2) is 27.6 Å². The zero-order valence-electron chi connectivity index (χ0n) is 16.5. The summed E-state index contributed by atoms with van der Waals surface area (Å²) in [6.07, 6.45) is 0.231. The summed E-state index contributed by atoms with van der Waals surface area (Å²) in [7, 11) is 0. The fourth-order valence-corrected chi connectivity index (χ4v) is 2.81. The molecule has 3 rings (SSSR count). The quantitative estimate of drug-likeness (QED) is 0.573. The predicted molar refractivity (Wildman–Crippen MR) is 109 cm³/mol. The topological polar surface area (TPSA) is 105 Å². The van der Waals surface area contributed by atoms with Gasteiger partial charge in [-0.15, -0.1) is 0 Å². The number of carbonyl (C=O) groups excluding carboxylic acids is 1. The van der Waals surface area contributed by atoms with Crippen LogP contribution in [-0.2, 0) is 11.2 Å². The van der Waals surface area contributed by atoms with E-state index in [0.717, 1.165) is 35.0 Å². The molecule has 0 saturated carbocycles. The van der Waals surface area contributed by atoms with Crippen LogP contribution in [0.4, 0.5) is 23.0 Å². The maximum atomic E-state index is 12.3. The molecule has 2 aromatic heterocycles. The van der Waals surface area contributed by atoms with Crippen LogP contribution < -0.4 is 16.0 Å². The Balaban J connectivity index is 1.63. The summed E-state index contributed by atoms with van der Waals surface area (Å²) >= 11 is 0. The molecule has 0 fully saturated rings. The molecule has 0 bridgehead atoms. The molecule has 0 spiro atoms. The van der Waals surface area contributed by atoms with Crippen LogP contribution in [0.2, 0.25) is 0 Å². The van der Waals surface area contributed by atoms with Crippen LogP contribution in [0, 0.1) is 20.8 Å². The summed E-state index contributed by atoms with van der Waals surface area (Å²) < 4.78 is 5.10. The molecule has 1 aromatic carbocycles. The van der Waals surface area contributed by atoms with Gasteiger partial charge in [0.2, 0.25) is 5.91 Å². The number of nitrogens with one attached hydrogen (secondary N) is 3. The first kappa shape index (κ1) is 19.3. The second-order valence-electron chi connectivity index (χ2n) is 6.45. The maximum absolute atomic E-state index is 12.3. The van der Waals surface area contributed by atoms with Crippen molar-refractivity contribution in [3.63, 3.8) is 0 Å². The first-order valence-corrected chi connectivity index (χ1v) is 9.13. The van der Waals surface area contributed by atoms with Gasteiger partial charge in [-0.1, -0.05) is 5.16 Å². The Morgan fingerprint density at radius 1 is 1.04 bits per heavy atom. The van der Waals surface area contributed by atoms with Gasteiger partial charge in [-0.05, 0) is 52.0 Å². The van der Waals surface area contributed by atoms with Crippen LogP contribution in [0.1, 0.15) is 29.8 Å². The normalized spacial score (nSPS) is 10.6. The summed E-state index contributed by atoms with van der Waals surface area (Å²) in [5, 5.41) is 13.2. The number of amides is 1. The third-order valence-corrected chi connectivity index (χ3v) is 4.16. The molecule has 0 aliphatic heterocycles. The first-order valence-electron chi connectivity index (χ1n) is 9.13. The molecular formula is C20H24N6O2. The number of hydrogen-bond acceptors (Lipinski definition) is 7. The molecule has 0 saturated heterocycles. The highest BCUT2D eigenvalue weighted by molar-refractivity contribution is 5.92. The Kier molecular flexibility index (Phi) is 5.88. The van der Waals surface area contributed by atoms with Crippen molar-refractivity contribution < 1.29 is 9.32 Å². The smallest absolute Gasteiger partial charge is 0.228 e. The standard InChI is InChI=1S/C20H24N6O2/c1-5-21-18-11-19(23-14(4)22-18)24-15-6-8-16(9-7-15)25-20(27)10-17-12(2)26-28-13(17)3/h6-9,11H,5,10H2,1-4H3,(H,25,27)(H2,21,22,23,24). The lowest BCUT2D eigenvalue weighted by molar-refractivity contribution is -0.115. The molecule has 28 heavy (non-hydrogen) atoms. The zero-order chi connectivity index (χ0) is 20.1. The lowest BCUT2D eigenvalue weighted by Crippen LogP contribution is -2.15. The molecule has 3 N–H and O–H groups in total. The number of rotatable bonds is 7. The first-order chi connectivity index (χ1) is 13.4. The summed E-state index contributed by atoms with van der Waals surface area (Å²) in [5.74, 6) is 2.73. The highest BCUT2D eigenvalue weighted by Gasteiger charge is 2.13. The van der Waals surface area contributed by atoms with Gasteiger partial charge in [0.15, 0.2) is 0 Å². The third-order valence-electron chi connectivity index (χ3n) is 4.16. The van der Waals surface area contributed by atoms with Crippen molar-refractivity contribution in [2.24, 2.45) is 0 Å². The molecule has 8 nitrogen and oxygen atoms in total. The van der Waals surface area contributed by atoms with Crippen molar-refractivity contribution in [3.05, 3.63) is 53.2 Å². The third kappa shape index (κ3) is 4.85. The van der Waals surface area contributed by atoms with Gasteiger partial charge in [-0.3, -0.25) is 4.79 Å². The fraction of sp³-hybridized carbons (Fsp3) is 0.300. The number of aryl methyl sites for hydroxylation is 3. The monoisotopic (exact) mass is 380 g/mol. The van der Waals surface area contributed by atoms with E-state index in [1.54, 1.807) is 6.92 Å². The maximum Gasteiger partial charge on any atom is 0.228 e. The van der Waals surface area contributed by atoms with Gasteiger partial charge in [-0.2, -0.15) is 0 Å². The van der Waals surface area contributed by atoms with Crippen molar-refractivity contribution in [1.29, 1.82) is 0 Å². The number of benzene rings is 1. The summed E-state index contributed by atoms with van der Waals surface area (Å²) in [5.41, 5.74) is 3.15. The van der Waals surface area contributed by atoms with Crippen molar-refractivity contribution in [1.82, 2.24) is 15.1 Å². The minimum atomic E-state index is -0.114. The molecule has 2 heterocycles. The Morgan fingerprint density at radius 3 is 2.36 bits per heavy atom. The SMILES string of the molecule is CCNc1cc(Nc2ccc(NC(=O)Cc3c(C)noc3C)cc2)nc(C)n1. The minimum absolute atomic E-state index is 0.114. The average molecular weight is 380 g/mol. The van der Waals surface area contributed by atoms with E-state index >= 15 is 0 Å². The highest BCUT2D eigenvalue weighted by Crippen LogP contribution is 2.20. The van der Waals surface area contributed by atoms with E-state index in [1.165, 1.54) is 0 Å².